The Morgan fingerprint density at radius 3 is 2.67 bits per heavy atom. The lowest BCUT2D eigenvalue weighted by molar-refractivity contribution is 0.334. The predicted octanol–water partition coefficient (Wildman–Crippen LogP) is 6.03. The van der Waals surface area contributed by atoms with Crippen LogP contribution in [0, 0.1) is 0 Å². The molecular weight excluding hydrogens is 487 g/mol. The maximum atomic E-state index is 6.08. The Balaban J connectivity index is 2.25. The van der Waals surface area contributed by atoms with Gasteiger partial charge < -0.3 is 10.1 Å². The summed E-state index contributed by atoms with van der Waals surface area (Å²) in [6.45, 7) is 3.14. The van der Waals surface area contributed by atoms with Gasteiger partial charge in [-0.1, -0.05) is 27.5 Å². The van der Waals surface area contributed by atoms with E-state index in [0.717, 1.165) is 30.4 Å². The van der Waals surface area contributed by atoms with Gasteiger partial charge in [-0.2, -0.15) is 0 Å². The first-order valence-electron chi connectivity index (χ1n) is 6.17. The summed E-state index contributed by atoms with van der Waals surface area (Å²) in [4.78, 5) is 4.09. The van der Waals surface area contributed by atoms with Gasteiger partial charge in [0.05, 0.1) is 16.8 Å². The van der Waals surface area contributed by atoms with Crippen LogP contribution in [0.1, 0.15) is 12.5 Å². The number of pyridine rings is 1. The lowest BCUT2D eigenvalue weighted by Gasteiger charge is -2.15. The van der Waals surface area contributed by atoms with Crippen LogP contribution >= 0.6 is 59.4 Å². The van der Waals surface area contributed by atoms with Crippen LogP contribution in [0.4, 0.5) is 5.69 Å². The summed E-state index contributed by atoms with van der Waals surface area (Å²) in [7, 11) is 0. The number of hydrogen-bond donors (Lipinski definition) is 1. The van der Waals surface area contributed by atoms with E-state index in [2.05, 4.69) is 58.1 Å². The second-order valence-corrected chi connectivity index (χ2v) is 7.20. The lowest BCUT2D eigenvalue weighted by atomic mass is 10.2. The van der Waals surface area contributed by atoms with Crippen LogP contribution in [0.3, 0.4) is 0 Å². The van der Waals surface area contributed by atoms with E-state index >= 15 is 0 Å². The topological polar surface area (TPSA) is 34.1 Å². The number of hydrogen-bond acceptors (Lipinski definition) is 3. The molecule has 2 rings (SSSR count). The number of nitrogens with zero attached hydrogens (tertiary/aromatic N) is 1. The van der Waals surface area contributed by atoms with Crippen molar-refractivity contribution in [3.8, 4) is 5.75 Å². The number of rotatable bonds is 5. The first kappa shape index (κ1) is 17.1. The largest absolute Gasteiger partial charge is 0.492 e. The molecule has 1 aromatic carbocycles. The summed E-state index contributed by atoms with van der Waals surface area (Å²) in [5.74, 6) is 0.826. The fraction of sp³-hybridized carbons (Fsp3) is 0.214. The molecule has 0 saturated heterocycles. The molecule has 0 amide bonds. The predicted molar refractivity (Wildman–Crippen MR) is 97.3 cm³/mol. The van der Waals surface area contributed by atoms with Gasteiger partial charge in [0.2, 0.25) is 0 Å². The van der Waals surface area contributed by atoms with Crippen molar-refractivity contribution in [2.24, 2.45) is 0 Å². The molecule has 0 saturated carbocycles. The minimum Gasteiger partial charge on any atom is -0.492 e. The molecule has 0 unspecified atom stereocenters. The molecule has 2 aromatic rings. The molecule has 0 spiro atoms. The first-order chi connectivity index (χ1) is 10.0. The average molecular weight is 499 g/mol. The van der Waals surface area contributed by atoms with Crippen LogP contribution in [0.15, 0.2) is 37.8 Å². The Kier molecular flexibility index (Phi) is 6.34. The molecule has 0 atom stereocenters. The molecule has 0 aliphatic carbocycles. The van der Waals surface area contributed by atoms with Crippen LogP contribution in [0.25, 0.3) is 0 Å². The number of aromatic nitrogens is 1. The van der Waals surface area contributed by atoms with E-state index in [0.29, 0.717) is 18.3 Å². The number of ether oxygens (including phenoxy) is 1. The normalized spacial score (nSPS) is 10.5. The molecule has 0 fully saturated rings. The third kappa shape index (κ3) is 4.58. The van der Waals surface area contributed by atoms with E-state index in [1.54, 1.807) is 6.20 Å². The molecule has 3 nitrogen and oxygen atoms in total. The first-order valence-corrected chi connectivity index (χ1v) is 8.92. The van der Waals surface area contributed by atoms with Gasteiger partial charge in [-0.15, -0.1) is 0 Å². The smallest absolute Gasteiger partial charge is 0.152 e. The van der Waals surface area contributed by atoms with Crippen molar-refractivity contribution in [2.45, 2.75) is 13.5 Å². The van der Waals surface area contributed by atoms with Crippen LogP contribution < -0.4 is 10.1 Å². The SMILES string of the molecule is CCOc1c(Br)cc(Br)cc1CNc1cc(Br)cnc1Cl. The fourth-order valence-electron chi connectivity index (χ4n) is 1.79. The lowest BCUT2D eigenvalue weighted by Crippen LogP contribution is -2.05. The van der Waals surface area contributed by atoms with E-state index in [-0.39, 0.29) is 0 Å². The Labute approximate surface area is 153 Å². The minimum atomic E-state index is 0.435. The summed E-state index contributed by atoms with van der Waals surface area (Å²) in [6.07, 6.45) is 1.66. The number of benzene rings is 1. The van der Waals surface area contributed by atoms with Crippen LogP contribution in [0.2, 0.25) is 5.15 Å². The second kappa shape index (κ2) is 7.81. The van der Waals surface area contributed by atoms with Gasteiger partial charge in [0.1, 0.15) is 5.75 Å². The summed E-state index contributed by atoms with van der Waals surface area (Å²) >= 11 is 16.5. The van der Waals surface area contributed by atoms with Crippen molar-refractivity contribution < 1.29 is 4.74 Å². The second-order valence-electron chi connectivity index (χ2n) is 4.15. The number of anilines is 1. The quantitative estimate of drug-likeness (QED) is 0.510. The number of halogens is 4. The van der Waals surface area contributed by atoms with E-state index in [4.69, 9.17) is 16.3 Å². The highest BCUT2D eigenvalue weighted by Crippen LogP contribution is 2.34. The van der Waals surface area contributed by atoms with E-state index in [1.165, 1.54) is 0 Å². The van der Waals surface area contributed by atoms with Crippen molar-refractivity contribution in [1.29, 1.82) is 0 Å². The monoisotopic (exact) mass is 496 g/mol. The summed E-state index contributed by atoms with van der Waals surface area (Å²) in [6, 6.07) is 5.87. The molecule has 1 N–H and O–H groups in total. The van der Waals surface area contributed by atoms with Gasteiger partial charge in [-0.3, -0.25) is 0 Å². The third-order valence-corrected chi connectivity index (χ3v) is 4.43. The maximum Gasteiger partial charge on any atom is 0.152 e. The third-order valence-electron chi connectivity index (χ3n) is 2.65. The Hall–Kier alpha value is -0.300. The highest BCUT2D eigenvalue weighted by atomic mass is 79.9. The molecular formula is C14H12Br3ClN2O. The zero-order valence-electron chi connectivity index (χ0n) is 11.1. The highest BCUT2D eigenvalue weighted by Gasteiger charge is 2.11. The van der Waals surface area contributed by atoms with Gasteiger partial charge in [-0.25, -0.2) is 4.98 Å². The molecule has 1 heterocycles. The van der Waals surface area contributed by atoms with Crippen molar-refractivity contribution >= 4 is 65.1 Å². The van der Waals surface area contributed by atoms with Gasteiger partial charge in [0, 0.05) is 27.3 Å². The fourth-order valence-corrected chi connectivity index (χ4v) is 3.72. The molecule has 1 aromatic heterocycles. The average Bonchev–Trinajstić information content (AvgIpc) is 2.43. The standard InChI is InChI=1S/C14H12Br3ClN2O/c1-2-21-13-8(3-9(15)4-11(13)17)6-19-12-5-10(16)7-20-14(12)18/h3-5,7,19H,2,6H2,1H3. The van der Waals surface area contributed by atoms with Crippen molar-refractivity contribution in [1.82, 2.24) is 4.98 Å². The minimum absolute atomic E-state index is 0.435. The van der Waals surface area contributed by atoms with Crippen molar-refractivity contribution in [3.63, 3.8) is 0 Å². The summed E-state index contributed by atoms with van der Waals surface area (Å²) in [5.41, 5.74) is 1.79. The Bertz CT molecular complexity index is 652. The van der Waals surface area contributed by atoms with Gasteiger partial charge in [0.25, 0.3) is 0 Å². The van der Waals surface area contributed by atoms with Crippen molar-refractivity contribution in [2.75, 3.05) is 11.9 Å². The molecule has 7 heteroatoms. The summed E-state index contributed by atoms with van der Waals surface area (Å²) in [5, 5.41) is 3.71. The molecule has 0 radical (unpaired) electrons. The van der Waals surface area contributed by atoms with Crippen LogP contribution in [-0.4, -0.2) is 11.6 Å². The van der Waals surface area contributed by atoms with E-state index in [9.17, 15) is 0 Å². The molecule has 0 aliphatic heterocycles. The van der Waals surface area contributed by atoms with E-state index in [1.807, 2.05) is 25.1 Å². The summed E-state index contributed by atoms with van der Waals surface area (Å²) < 4.78 is 8.46. The van der Waals surface area contributed by atoms with Crippen LogP contribution in [0.5, 0.6) is 5.75 Å². The number of nitrogens with one attached hydrogen (secondary N) is 1. The molecule has 0 aliphatic rings. The van der Waals surface area contributed by atoms with Gasteiger partial charge in [0.15, 0.2) is 5.15 Å². The zero-order valence-corrected chi connectivity index (χ0v) is 16.6. The van der Waals surface area contributed by atoms with Gasteiger partial charge >= 0.3 is 0 Å². The maximum absolute atomic E-state index is 6.08. The molecule has 112 valence electrons. The Morgan fingerprint density at radius 2 is 1.95 bits per heavy atom. The van der Waals surface area contributed by atoms with Crippen molar-refractivity contribution in [3.05, 3.63) is 48.5 Å². The highest BCUT2D eigenvalue weighted by molar-refractivity contribution is 9.11. The molecule has 21 heavy (non-hydrogen) atoms. The van der Waals surface area contributed by atoms with Gasteiger partial charge in [-0.05, 0) is 57.0 Å². The molecule has 0 bridgehead atoms. The van der Waals surface area contributed by atoms with E-state index < -0.39 is 0 Å². The Morgan fingerprint density at radius 1 is 1.19 bits per heavy atom. The zero-order chi connectivity index (χ0) is 15.4. The van der Waals surface area contributed by atoms with Crippen LogP contribution in [-0.2, 0) is 6.54 Å².